The van der Waals surface area contributed by atoms with Crippen molar-refractivity contribution in [3.8, 4) is 29.0 Å². The molecule has 0 aliphatic carbocycles. The zero-order valence-corrected chi connectivity index (χ0v) is 20.0. The van der Waals surface area contributed by atoms with E-state index in [2.05, 4.69) is 15.0 Å². The third-order valence-corrected chi connectivity index (χ3v) is 6.29. The molecule has 0 bridgehead atoms. The number of halogens is 4. The molecule has 2 aromatic heterocycles. The van der Waals surface area contributed by atoms with E-state index in [0.717, 1.165) is 0 Å². The molecule has 2 aromatic carbocycles. The van der Waals surface area contributed by atoms with Gasteiger partial charge in [-0.25, -0.2) is 32.2 Å². The van der Waals surface area contributed by atoms with Gasteiger partial charge >= 0.3 is 0 Å². The van der Waals surface area contributed by atoms with Crippen LogP contribution in [-0.2, 0) is 15.8 Å². The van der Waals surface area contributed by atoms with E-state index in [9.17, 15) is 26.9 Å². The van der Waals surface area contributed by atoms with Crippen LogP contribution in [0, 0.1) is 28.8 Å². The van der Waals surface area contributed by atoms with Crippen LogP contribution in [0.3, 0.4) is 0 Å². The largest absolute Gasteiger partial charge is 0.435 e. The van der Waals surface area contributed by atoms with E-state index >= 15 is 0 Å². The molecular formula is C23H14ClF3N6O3S. The molecule has 0 spiro atoms. The second-order valence-electron chi connectivity index (χ2n) is 7.39. The van der Waals surface area contributed by atoms with Gasteiger partial charge in [-0.15, -0.1) is 0 Å². The number of nitrogens with one attached hydrogen (secondary N) is 1. The van der Waals surface area contributed by atoms with Crippen LogP contribution in [0.1, 0.15) is 11.1 Å². The van der Waals surface area contributed by atoms with Gasteiger partial charge in [0, 0.05) is 23.5 Å². The van der Waals surface area contributed by atoms with E-state index in [1.807, 2.05) is 0 Å². The minimum atomic E-state index is -4.48. The minimum Gasteiger partial charge on any atom is -0.435 e. The maximum absolute atomic E-state index is 14.9. The molecule has 0 aliphatic heterocycles. The monoisotopic (exact) mass is 546 g/mol. The number of nitrogen functional groups attached to an aromatic ring is 1. The first-order chi connectivity index (χ1) is 17.6. The molecule has 37 heavy (non-hydrogen) atoms. The number of nitrogens with zero attached hydrogens (tertiary/aromatic N) is 4. The van der Waals surface area contributed by atoms with E-state index in [0.29, 0.717) is 6.07 Å². The maximum atomic E-state index is 14.9. The topological polar surface area (TPSA) is 144 Å². The number of nitriles is 1. The van der Waals surface area contributed by atoms with Gasteiger partial charge in [0.2, 0.25) is 27.7 Å². The van der Waals surface area contributed by atoms with Gasteiger partial charge in [-0.1, -0.05) is 17.7 Å². The average Bonchev–Trinajstić information content (AvgIpc) is 2.86. The molecule has 9 nitrogen and oxygen atoms in total. The summed E-state index contributed by atoms with van der Waals surface area (Å²) >= 11 is 5.79. The quantitative estimate of drug-likeness (QED) is 0.315. The lowest BCUT2D eigenvalue weighted by Gasteiger charge is -2.14. The van der Waals surface area contributed by atoms with Gasteiger partial charge in [-0.3, -0.25) is 4.72 Å². The highest BCUT2D eigenvalue weighted by Gasteiger charge is 2.26. The highest BCUT2D eigenvalue weighted by atomic mass is 35.5. The van der Waals surface area contributed by atoms with Crippen molar-refractivity contribution in [1.29, 1.82) is 5.26 Å². The standard InChI is InChI=1S/C23H14ClF3N6O3S/c24-14-4-3-12(13(8-14)10-28)11-37(34,35)33-21-16(25)9-18(19(26)20(21)27)36-22-15(2-1-6-30-22)17-5-7-31-23(29)32-17/h1-9,33H,11H2,(H2,29,31,32). The van der Waals surface area contributed by atoms with Crippen molar-refractivity contribution in [2.24, 2.45) is 0 Å². The summed E-state index contributed by atoms with van der Waals surface area (Å²) in [6, 6.07) is 10.6. The second kappa shape index (κ2) is 10.3. The van der Waals surface area contributed by atoms with E-state index in [-0.39, 0.29) is 39.2 Å². The summed E-state index contributed by atoms with van der Waals surface area (Å²) < 4.78 is 76.6. The Morgan fingerprint density at radius 3 is 2.59 bits per heavy atom. The Balaban J connectivity index is 1.64. The molecule has 0 radical (unpaired) electrons. The Labute approximate surface area is 213 Å². The lowest BCUT2D eigenvalue weighted by molar-refractivity contribution is 0.401. The fraction of sp³-hybridized carbons (Fsp3) is 0.0435. The molecular weight excluding hydrogens is 533 g/mol. The number of sulfonamides is 1. The van der Waals surface area contributed by atoms with Gasteiger partial charge in [0.1, 0.15) is 5.69 Å². The summed E-state index contributed by atoms with van der Waals surface area (Å²) in [6.45, 7) is 0. The number of benzene rings is 2. The summed E-state index contributed by atoms with van der Waals surface area (Å²) in [5.74, 6) is -7.03. The Morgan fingerprint density at radius 2 is 1.86 bits per heavy atom. The molecule has 3 N–H and O–H groups in total. The van der Waals surface area contributed by atoms with Gasteiger partial charge in [0.15, 0.2) is 17.4 Å². The summed E-state index contributed by atoms with van der Waals surface area (Å²) in [6.07, 6.45) is 2.65. The van der Waals surface area contributed by atoms with Crippen LogP contribution in [-0.4, -0.2) is 23.4 Å². The SMILES string of the molecule is N#Cc1cc(Cl)ccc1CS(=O)(=O)Nc1c(F)cc(Oc2ncccc2-c2ccnc(N)n2)c(F)c1F. The summed E-state index contributed by atoms with van der Waals surface area (Å²) in [5, 5.41) is 9.38. The summed E-state index contributed by atoms with van der Waals surface area (Å²) in [4.78, 5) is 11.7. The minimum absolute atomic E-state index is 0.0219. The first kappa shape index (κ1) is 25.7. The van der Waals surface area contributed by atoms with E-state index < -0.39 is 44.7 Å². The first-order valence-corrected chi connectivity index (χ1v) is 12.2. The van der Waals surface area contributed by atoms with Gasteiger partial charge in [0.25, 0.3) is 0 Å². The molecule has 4 rings (SSSR count). The number of rotatable bonds is 7. The van der Waals surface area contributed by atoms with Crippen LogP contribution in [0.4, 0.5) is 24.8 Å². The molecule has 0 atom stereocenters. The fourth-order valence-electron chi connectivity index (χ4n) is 3.21. The molecule has 0 unspecified atom stereocenters. The number of anilines is 2. The van der Waals surface area contributed by atoms with E-state index in [4.69, 9.17) is 22.1 Å². The highest BCUT2D eigenvalue weighted by molar-refractivity contribution is 7.91. The zero-order valence-electron chi connectivity index (χ0n) is 18.4. The molecule has 0 saturated carbocycles. The Morgan fingerprint density at radius 1 is 1.08 bits per heavy atom. The third-order valence-electron chi connectivity index (χ3n) is 4.85. The predicted octanol–water partition coefficient (Wildman–Crippen LogP) is 4.80. The van der Waals surface area contributed by atoms with Crippen LogP contribution in [0.15, 0.2) is 54.9 Å². The molecule has 0 saturated heterocycles. The van der Waals surface area contributed by atoms with E-state index in [1.54, 1.807) is 10.8 Å². The number of aromatic nitrogens is 3. The van der Waals surface area contributed by atoms with Crippen molar-refractivity contribution in [1.82, 2.24) is 15.0 Å². The zero-order chi connectivity index (χ0) is 26.7. The normalized spacial score (nSPS) is 11.1. The average molecular weight is 547 g/mol. The molecule has 2 heterocycles. The van der Waals surface area contributed by atoms with Gasteiger partial charge in [-0.05, 0) is 35.9 Å². The molecule has 0 aliphatic rings. The van der Waals surface area contributed by atoms with Crippen LogP contribution in [0.2, 0.25) is 5.02 Å². The highest BCUT2D eigenvalue weighted by Crippen LogP contribution is 2.35. The van der Waals surface area contributed by atoms with E-state index in [1.165, 1.54) is 48.8 Å². The van der Waals surface area contributed by atoms with Crippen molar-refractivity contribution in [2.45, 2.75) is 5.75 Å². The number of pyridine rings is 1. The van der Waals surface area contributed by atoms with Crippen molar-refractivity contribution in [3.05, 3.63) is 88.5 Å². The lowest BCUT2D eigenvalue weighted by atomic mass is 10.1. The smallest absolute Gasteiger partial charge is 0.237 e. The van der Waals surface area contributed by atoms with Crippen molar-refractivity contribution in [3.63, 3.8) is 0 Å². The van der Waals surface area contributed by atoms with Gasteiger partial charge in [-0.2, -0.15) is 9.65 Å². The summed E-state index contributed by atoms with van der Waals surface area (Å²) in [7, 11) is -4.48. The van der Waals surface area contributed by atoms with Crippen molar-refractivity contribution >= 4 is 33.3 Å². The van der Waals surface area contributed by atoms with Crippen LogP contribution < -0.4 is 15.2 Å². The molecule has 4 aromatic rings. The molecule has 0 amide bonds. The number of hydrogen-bond donors (Lipinski definition) is 2. The van der Waals surface area contributed by atoms with Gasteiger partial charge < -0.3 is 10.5 Å². The van der Waals surface area contributed by atoms with Gasteiger partial charge in [0.05, 0.1) is 28.6 Å². The van der Waals surface area contributed by atoms with Crippen molar-refractivity contribution in [2.75, 3.05) is 10.5 Å². The third kappa shape index (κ3) is 5.71. The summed E-state index contributed by atoms with van der Waals surface area (Å²) in [5.41, 5.74) is 4.76. The second-order valence-corrected chi connectivity index (χ2v) is 9.55. The Hall–Kier alpha value is -4.41. The maximum Gasteiger partial charge on any atom is 0.237 e. The lowest BCUT2D eigenvalue weighted by Crippen LogP contribution is -2.18. The molecule has 14 heteroatoms. The number of ether oxygens (including phenoxy) is 1. The number of hydrogen-bond acceptors (Lipinski definition) is 8. The fourth-order valence-corrected chi connectivity index (χ4v) is 4.61. The van der Waals surface area contributed by atoms with Crippen LogP contribution in [0.25, 0.3) is 11.3 Å². The first-order valence-electron chi connectivity index (χ1n) is 10.2. The van der Waals surface area contributed by atoms with Crippen molar-refractivity contribution < 1.29 is 26.3 Å². The molecule has 0 fully saturated rings. The molecule has 188 valence electrons. The van der Waals surface area contributed by atoms with Crippen LogP contribution in [0.5, 0.6) is 11.6 Å². The predicted molar refractivity (Wildman–Crippen MR) is 128 cm³/mol. The number of nitrogens with two attached hydrogens (primary N) is 1. The van der Waals surface area contributed by atoms with Crippen LogP contribution >= 0.6 is 11.6 Å². The Kier molecular flexibility index (Phi) is 7.14. The Bertz CT molecular complexity index is 1660.